The molecule has 0 amide bonds. The van der Waals surface area contributed by atoms with E-state index < -0.39 is 6.10 Å². The van der Waals surface area contributed by atoms with Crippen molar-refractivity contribution in [3.05, 3.63) is 35.0 Å². The molecule has 1 aliphatic carbocycles. The van der Waals surface area contributed by atoms with Crippen LogP contribution in [0.5, 0.6) is 0 Å². The molecule has 1 heterocycles. The molecule has 1 aliphatic rings. The summed E-state index contributed by atoms with van der Waals surface area (Å²) < 4.78 is 5.80. The van der Waals surface area contributed by atoms with Gasteiger partial charge in [0.2, 0.25) is 0 Å². The van der Waals surface area contributed by atoms with Gasteiger partial charge >= 0.3 is 0 Å². The van der Waals surface area contributed by atoms with Crippen LogP contribution in [-0.4, -0.2) is 5.11 Å². The van der Waals surface area contributed by atoms with Gasteiger partial charge in [0.15, 0.2) is 0 Å². The SMILES string of the molecule is CCCC1CCC(C(O)c2cc3cc(Cl)ccc3o2)CC1. The number of hydrogen-bond acceptors (Lipinski definition) is 2. The predicted octanol–water partition coefficient (Wildman–Crippen LogP) is 5.73. The van der Waals surface area contributed by atoms with E-state index in [1.807, 2.05) is 24.3 Å². The first kappa shape index (κ1) is 14.9. The Hall–Kier alpha value is -0.990. The van der Waals surface area contributed by atoms with E-state index in [2.05, 4.69) is 6.92 Å². The van der Waals surface area contributed by atoms with Gasteiger partial charge in [-0.3, -0.25) is 0 Å². The molecule has 0 radical (unpaired) electrons. The molecular formula is C18H23ClO2. The summed E-state index contributed by atoms with van der Waals surface area (Å²) in [5.74, 6) is 1.87. The third-order valence-electron chi connectivity index (χ3n) is 4.82. The smallest absolute Gasteiger partial charge is 0.134 e. The van der Waals surface area contributed by atoms with E-state index in [0.29, 0.717) is 16.7 Å². The summed E-state index contributed by atoms with van der Waals surface area (Å²) in [5, 5.41) is 12.3. The van der Waals surface area contributed by atoms with Crippen molar-refractivity contribution in [2.75, 3.05) is 0 Å². The highest BCUT2D eigenvalue weighted by Crippen LogP contribution is 2.39. The maximum Gasteiger partial charge on any atom is 0.134 e. The van der Waals surface area contributed by atoms with Crippen LogP contribution < -0.4 is 0 Å². The highest BCUT2D eigenvalue weighted by atomic mass is 35.5. The van der Waals surface area contributed by atoms with Crippen molar-refractivity contribution in [1.29, 1.82) is 0 Å². The van der Waals surface area contributed by atoms with Gasteiger partial charge < -0.3 is 9.52 Å². The van der Waals surface area contributed by atoms with Crippen LogP contribution in [0.15, 0.2) is 28.7 Å². The lowest BCUT2D eigenvalue weighted by Crippen LogP contribution is -2.20. The minimum absolute atomic E-state index is 0.328. The van der Waals surface area contributed by atoms with E-state index in [1.165, 1.54) is 25.7 Å². The van der Waals surface area contributed by atoms with Gasteiger partial charge in [-0.1, -0.05) is 44.2 Å². The van der Waals surface area contributed by atoms with Gasteiger partial charge in [0.25, 0.3) is 0 Å². The second-order valence-corrected chi connectivity index (χ2v) is 6.78. The minimum Gasteiger partial charge on any atom is -0.458 e. The van der Waals surface area contributed by atoms with Crippen LogP contribution in [-0.2, 0) is 0 Å². The molecule has 3 rings (SSSR count). The Balaban J connectivity index is 1.70. The fourth-order valence-electron chi connectivity index (χ4n) is 3.61. The molecule has 2 nitrogen and oxygen atoms in total. The Kier molecular flexibility index (Phi) is 4.56. The molecule has 1 unspecified atom stereocenters. The molecule has 114 valence electrons. The van der Waals surface area contributed by atoms with Crippen molar-refractivity contribution in [2.24, 2.45) is 11.8 Å². The maximum atomic E-state index is 10.6. The van der Waals surface area contributed by atoms with E-state index in [-0.39, 0.29) is 0 Å². The van der Waals surface area contributed by atoms with Crippen LogP contribution in [0, 0.1) is 11.8 Å². The molecule has 1 atom stereocenters. The van der Waals surface area contributed by atoms with Crippen LogP contribution in [0.1, 0.15) is 57.3 Å². The van der Waals surface area contributed by atoms with Crippen LogP contribution in [0.25, 0.3) is 11.0 Å². The van der Waals surface area contributed by atoms with Gasteiger partial charge in [-0.2, -0.15) is 0 Å². The lowest BCUT2D eigenvalue weighted by molar-refractivity contribution is 0.0560. The van der Waals surface area contributed by atoms with Crippen molar-refractivity contribution in [3.8, 4) is 0 Å². The molecule has 3 heteroatoms. The minimum atomic E-state index is -0.487. The number of aliphatic hydroxyl groups excluding tert-OH is 1. The predicted molar refractivity (Wildman–Crippen MR) is 86.5 cm³/mol. The van der Waals surface area contributed by atoms with E-state index >= 15 is 0 Å². The number of halogens is 1. The lowest BCUT2D eigenvalue weighted by Gasteiger charge is -2.30. The van der Waals surface area contributed by atoms with Crippen molar-refractivity contribution in [2.45, 2.75) is 51.6 Å². The third-order valence-corrected chi connectivity index (χ3v) is 5.06. The first-order chi connectivity index (χ1) is 10.2. The molecule has 1 aromatic carbocycles. The lowest BCUT2D eigenvalue weighted by atomic mass is 9.77. The Morgan fingerprint density at radius 3 is 2.71 bits per heavy atom. The van der Waals surface area contributed by atoms with Gasteiger partial charge in [0.1, 0.15) is 17.4 Å². The molecule has 0 bridgehead atoms. The number of furan rings is 1. The summed E-state index contributed by atoms with van der Waals surface area (Å²) >= 11 is 6.00. The monoisotopic (exact) mass is 306 g/mol. The summed E-state index contributed by atoms with van der Waals surface area (Å²) in [5.41, 5.74) is 0.799. The standard InChI is InChI=1S/C18H23ClO2/c1-2-3-12-4-6-13(7-5-12)18(20)17-11-14-10-15(19)8-9-16(14)21-17/h8-13,18,20H,2-7H2,1H3. The zero-order chi connectivity index (χ0) is 14.8. The Morgan fingerprint density at radius 2 is 2.00 bits per heavy atom. The van der Waals surface area contributed by atoms with Gasteiger partial charge in [0, 0.05) is 10.4 Å². The number of fused-ring (bicyclic) bond motifs is 1. The third kappa shape index (κ3) is 3.27. The van der Waals surface area contributed by atoms with E-state index in [1.54, 1.807) is 0 Å². The molecule has 1 saturated carbocycles. The highest BCUT2D eigenvalue weighted by molar-refractivity contribution is 6.31. The number of rotatable bonds is 4. The van der Waals surface area contributed by atoms with Gasteiger partial charge in [-0.25, -0.2) is 0 Å². The van der Waals surface area contributed by atoms with E-state index in [4.69, 9.17) is 16.0 Å². The van der Waals surface area contributed by atoms with Gasteiger partial charge in [-0.15, -0.1) is 0 Å². The second-order valence-electron chi connectivity index (χ2n) is 6.35. The molecule has 1 fully saturated rings. The molecule has 21 heavy (non-hydrogen) atoms. The van der Waals surface area contributed by atoms with Crippen LogP contribution in [0.4, 0.5) is 0 Å². The molecule has 0 spiro atoms. The quantitative estimate of drug-likeness (QED) is 0.783. The first-order valence-corrected chi connectivity index (χ1v) is 8.42. The average Bonchev–Trinajstić information content (AvgIpc) is 2.90. The fraction of sp³-hybridized carbons (Fsp3) is 0.556. The molecule has 0 aliphatic heterocycles. The number of hydrogen-bond donors (Lipinski definition) is 1. The molecule has 2 aromatic rings. The maximum absolute atomic E-state index is 10.6. The summed E-state index contributed by atoms with van der Waals surface area (Å²) in [4.78, 5) is 0. The molecule has 1 aromatic heterocycles. The normalized spacial score (nSPS) is 24.3. The van der Waals surface area contributed by atoms with Crippen molar-refractivity contribution in [1.82, 2.24) is 0 Å². The van der Waals surface area contributed by atoms with E-state index in [9.17, 15) is 5.11 Å². The van der Waals surface area contributed by atoms with Crippen LogP contribution in [0.2, 0.25) is 5.02 Å². The zero-order valence-electron chi connectivity index (χ0n) is 12.5. The van der Waals surface area contributed by atoms with Crippen molar-refractivity contribution >= 4 is 22.6 Å². The average molecular weight is 307 g/mol. The molecular weight excluding hydrogens is 284 g/mol. The summed E-state index contributed by atoms with van der Waals surface area (Å²) in [6.45, 7) is 2.25. The summed E-state index contributed by atoms with van der Waals surface area (Å²) in [7, 11) is 0. The Morgan fingerprint density at radius 1 is 1.24 bits per heavy atom. The van der Waals surface area contributed by atoms with E-state index in [0.717, 1.165) is 29.7 Å². The zero-order valence-corrected chi connectivity index (χ0v) is 13.3. The largest absolute Gasteiger partial charge is 0.458 e. The van der Waals surface area contributed by atoms with Crippen molar-refractivity contribution < 1.29 is 9.52 Å². The fourth-order valence-corrected chi connectivity index (χ4v) is 3.79. The van der Waals surface area contributed by atoms with Crippen LogP contribution in [0.3, 0.4) is 0 Å². The highest BCUT2D eigenvalue weighted by Gasteiger charge is 2.28. The van der Waals surface area contributed by atoms with Gasteiger partial charge in [0.05, 0.1) is 0 Å². The van der Waals surface area contributed by atoms with Gasteiger partial charge in [-0.05, 0) is 48.9 Å². The van der Waals surface area contributed by atoms with Crippen LogP contribution >= 0.6 is 11.6 Å². The first-order valence-electron chi connectivity index (χ1n) is 8.04. The molecule has 1 N–H and O–H groups in total. The second kappa shape index (κ2) is 6.41. The number of benzene rings is 1. The number of aliphatic hydroxyl groups is 1. The topological polar surface area (TPSA) is 33.4 Å². The Bertz CT molecular complexity index is 596. The van der Waals surface area contributed by atoms with Crippen molar-refractivity contribution in [3.63, 3.8) is 0 Å². The summed E-state index contributed by atoms with van der Waals surface area (Å²) in [6.07, 6.45) is 6.78. The molecule has 0 saturated heterocycles. The Labute approximate surface area is 131 Å². The summed E-state index contributed by atoms with van der Waals surface area (Å²) in [6, 6.07) is 7.50.